The van der Waals surface area contributed by atoms with Crippen LogP contribution in [0.25, 0.3) is 5.69 Å². The Morgan fingerprint density at radius 2 is 1.75 bits per heavy atom. The molecule has 0 saturated carbocycles. The van der Waals surface area contributed by atoms with Gasteiger partial charge in [0.25, 0.3) is 5.56 Å². The summed E-state index contributed by atoms with van der Waals surface area (Å²) in [7, 11) is 0. The zero-order valence-electron chi connectivity index (χ0n) is 24.2. The van der Waals surface area contributed by atoms with E-state index in [-0.39, 0.29) is 31.8 Å². The maximum Gasteiger partial charge on any atom is 0.305 e. The van der Waals surface area contributed by atoms with E-state index in [1.807, 2.05) is 37.3 Å². The van der Waals surface area contributed by atoms with Crippen LogP contribution in [-0.4, -0.2) is 40.6 Å². The second-order valence-electron chi connectivity index (χ2n) is 9.72. The highest BCUT2D eigenvalue weighted by Gasteiger charge is 2.15. The molecule has 0 bridgehead atoms. The summed E-state index contributed by atoms with van der Waals surface area (Å²) in [6.45, 7) is 3.29. The fourth-order valence-electron chi connectivity index (χ4n) is 4.36. The monoisotopic (exact) mass is 599 g/mol. The number of rotatable bonds is 10. The summed E-state index contributed by atoms with van der Waals surface area (Å²) in [5.74, 6) is 1.51. The number of hydrogen-bond donors (Lipinski definition) is 3. The Kier molecular flexibility index (Phi) is 11.0. The molecule has 11 nitrogen and oxygen atoms in total. The number of aromatic nitrogens is 1. The van der Waals surface area contributed by atoms with Gasteiger partial charge in [-0.1, -0.05) is 12.1 Å². The zero-order valence-corrected chi connectivity index (χ0v) is 24.2. The maximum atomic E-state index is 13.3. The lowest BCUT2D eigenvalue weighted by Gasteiger charge is -2.19. The van der Waals surface area contributed by atoms with Gasteiger partial charge in [0.15, 0.2) is 11.5 Å². The number of aliphatic hydroxyl groups is 1. The maximum absolute atomic E-state index is 13.3. The Morgan fingerprint density at radius 1 is 0.977 bits per heavy atom. The number of nitrogens with two attached hydrogens (primary N) is 1. The summed E-state index contributed by atoms with van der Waals surface area (Å²) in [5.41, 5.74) is 10.1. The molecule has 5 rings (SSSR count). The number of aliphatic hydroxyl groups excluding tert-OH is 1. The Hall–Kier alpha value is -5.31. The van der Waals surface area contributed by atoms with Gasteiger partial charge in [-0.3, -0.25) is 14.2 Å². The first kappa shape index (κ1) is 31.6. The summed E-state index contributed by atoms with van der Waals surface area (Å²) >= 11 is 0. The molecule has 3 aromatic carbocycles. The van der Waals surface area contributed by atoms with Gasteiger partial charge in [0.05, 0.1) is 35.9 Å². The molecule has 0 spiro atoms. The highest BCUT2D eigenvalue weighted by molar-refractivity contribution is 5.66. The molecule has 2 heterocycles. The van der Waals surface area contributed by atoms with Crippen molar-refractivity contribution >= 4 is 5.97 Å². The smallest absolute Gasteiger partial charge is 0.305 e. The summed E-state index contributed by atoms with van der Waals surface area (Å²) < 4.78 is 24.9. The van der Waals surface area contributed by atoms with Crippen LogP contribution in [0.2, 0.25) is 0 Å². The number of pyridine rings is 1. The van der Waals surface area contributed by atoms with Crippen molar-refractivity contribution < 1.29 is 34.0 Å². The van der Waals surface area contributed by atoms with E-state index in [9.17, 15) is 9.59 Å². The average molecular weight is 600 g/mol. The number of aliphatic carboxylic acids is 1. The number of carboxylic acids is 1. The quantitative estimate of drug-likeness (QED) is 0.244. The van der Waals surface area contributed by atoms with Gasteiger partial charge in [0.1, 0.15) is 37.9 Å². The van der Waals surface area contributed by atoms with Gasteiger partial charge in [-0.05, 0) is 60.5 Å². The third-order valence-electron chi connectivity index (χ3n) is 6.57. The first-order valence-corrected chi connectivity index (χ1v) is 13.8. The van der Waals surface area contributed by atoms with Gasteiger partial charge in [-0.25, -0.2) is 0 Å². The van der Waals surface area contributed by atoms with E-state index in [4.69, 9.17) is 40.2 Å². The molecule has 0 fully saturated rings. The Balaban J connectivity index is 0.000000670. The van der Waals surface area contributed by atoms with E-state index < -0.39 is 5.97 Å². The summed E-state index contributed by atoms with van der Waals surface area (Å²) in [5, 5.41) is 24.7. The van der Waals surface area contributed by atoms with E-state index in [0.29, 0.717) is 59.6 Å². The van der Waals surface area contributed by atoms with Crippen LogP contribution in [-0.2, 0) is 24.6 Å². The fourth-order valence-corrected chi connectivity index (χ4v) is 4.36. The molecule has 0 unspecified atom stereocenters. The van der Waals surface area contributed by atoms with Crippen LogP contribution in [0.5, 0.6) is 23.0 Å². The second-order valence-corrected chi connectivity index (χ2v) is 9.72. The number of benzene rings is 3. The molecular formula is C33H33N3O8. The van der Waals surface area contributed by atoms with Crippen molar-refractivity contribution in [1.82, 2.24) is 4.57 Å². The van der Waals surface area contributed by atoms with Gasteiger partial charge in [-0.2, -0.15) is 5.26 Å². The Labute approximate surface area is 254 Å². The molecule has 0 aliphatic carbocycles. The molecule has 0 amide bonds. The molecule has 44 heavy (non-hydrogen) atoms. The van der Waals surface area contributed by atoms with E-state index in [0.717, 1.165) is 16.7 Å². The number of aryl methyl sites for hydroxylation is 1. The highest BCUT2D eigenvalue weighted by atomic mass is 16.6. The first-order valence-electron chi connectivity index (χ1n) is 13.8. The van der Waals surface area contributed by atoms with Crippen LogP contribution in [0.4, 0.5) is 0 Å². The number of hydrogen-bond acceptors (Lipinski definition) is 9. The van der Waals surface area contributed by atoms with E-state index in [1.54, 1.807) is 47.2 Å². The van der Waals surface area contributed by atoms with E-state index in [1.165, 1.54) is 0 Å². The van der Waals surface area contributed by atoms with Gasteiger partial charge < -0.3 is 34.9 Å². The molecular weight excluding hydrogens is 566 g/mol. The molecule has 4 aromatic rings. The third-order valence-corrected chi connectivity index (χ3v) is 6.57. The molecule has 0 atom stereocenters. The summed E-state index contributed by atoms with van der Waals surface area (Å²) in [4.78, 5) is 22.7. The molecule has 0 radical (unpaired) electrons. The number of nitrogens with zero attached hydrogens (tertiary/aromatic N) is 2. The molecule has 1 aliphatic heterocycles. The first-order chi connectivity index (χ1) is 21.3. The number of nitriles is 1. The van der Waals surface area contributed by atoms with Crippen LogP contribution in [0, 0.1) is 18.3 Å². The lowest BCUT2D eigenvalue weighted by molar-refractivity contribution is -0.137. The van der Waals surface area contributed by atoms with Crippen LogP contribution in [0.15, 0.2) is 77.7 Å². The zero-order chi connectivity index (χ0) is 31.5. The molecule has 0 saturated heterocycles. The standard InChI is InChI=1S/C30H27N3O5.C3H6O3/c1-20-12-24(17-32)28(37-18-22-5-2-4-21(13-22)16-31)15-27(20)38-19-23-6-3-9-33(30(23)34)25-7-8-26-29(14-25)36-11-10-35-26;4-2-1-3(5)6/h2-9,12-15H,10-11,17-19,32H2,1H3;4H,1-2H2,(H,5,6). The highest BCUT2D eigenvalue weighted by Crippen LogP contribution is 2.32. The third kappa shape index (κ3) is 8.16. The predicted molar refractivity (Wildman–Crippen MR) is 161 cm³/mol. The molecule has 228 valence electrons. The molecule has 11 heteroatoms. The van der Waals surface area contributed by atoms with Gasteiger partial charge in [0.2, 0.25) is 0 Å². The van der Waals surface area contributed by atoms with Crippen LogP contribution in [0.3, 0.4) is 0 Å². The van der Waals surface area contributed by atoms with Crippen molar-refractivity contribution in [3.63, 3.8) is 0 Å². The van der Waals surface area contributed by atoms with Crippen LogP contribution >= 0.6 is 0 Å². The number of ether oxygens (including phenoxy) is 4. The largest absolute Gasteiger partial charge is 0.488 e. The average Bonchev–Trinajstić information content (AvgIpc) is 3.04. The van der Waals surface area contributed by atoms with Crippen molar-refractivity contribution in [3.8, 4) is 34.8 Å². The lowest BCUT2D eigenvalue weighted by Crippen LogP contribution is -2.23. The Morgan fingerprint density at radius 3 is 2.45 bits per heavy atom. The number of carbonyl (C=O) groups is 1. The SMILES string of the molecule is Cc1cc(CN)c(OCc2cccc(C#N)c2)cc1OCc1cccn(-c2ccc3c(c2)OCCO3)c1=O.O=C(O)CCO. The summed E-state index contributed by atoms with van der Waals surface area (Å²) in [6, 6.07) is 22.1. The predicted octanol–water partition coefficient (Wildman–Crippen LogP) is 3.86. The fraction of sp³-hybridized carbons (Fsp3) is 0.242. The summed E-state index contributed by atoms with van der Waals surface area (Å²) in [6.07, 6.45) is 1.56. The normalized spacial score (nSPS) is 11.5. The molecule has 1 aromatic heterocycles. The van der Waals surface area contributed by atoms with Crippen molar-refractivity contribution in [3.05, 3.63) is 111 Å². The topological polar surface area (TPSA) is 166 Å². The van der Waals surface area contributed by atoms with Gasteiger partial charge in [0, 0.05) is 30.4 Å². The minimum absolute atomic E-state index is 0.0801. The second kappa shape index (κ2) is 15.2. The van der Waals surface area contributed by atoms with Gasteiger partial charge >= 0.3 is 5.97 Å². The Bertz CT molecular complexity index is 1710. The van der Waals surface area contributed by atoms with E-state index in [2.05, 4.69) is 6.07 Å². The van der Waals surface area contributed by atoms with E-state index >= 15 is 0 Å². The van der Waals surface area contributed by atoms with Crippen molar-refractivity contribution in [2.75, 3.05) is 19.8 Å². The minimum atomic E-state index is -0.961. The molecule has 4 N–H and O–H groups in total. The number of carboxylic acid groups (broad SMARTS) is 1. The molecule has 1 aliphatic rings. The van der Waals surface area contributed by atoms with Crippen molar-refractivity contribution in [1.29, 1.82) is 5.26 Å². The lowest BCUT2D eigenvalue weighted by atomic mass is 10.1. The van der Waals surface area contributed by atoms with Crippen LogP contribution in [0.1, 0.15) is 34.2 Å². The van der Waals surface area contributed by atoms with Crippen molar-refractivity contribution in [2.24, 2.45) is 5.73 Å². The minimum Gasteiger partial charge on any atom is -0.488 e. The van der Waals surface area contributed by atoms with Crippen LogP contribution < -0.4 is 30.2 Å². The van der Waals surface area contributed by atoms with Crippen molar-refractivity contribution in [2.45, 2.75) is 33.1 Å². The number of fused-ring (bicyclic) bond motifs is 1. The van der Waals surface area contributed by atoms with Gasteiger partial charge in [-0.15, -0.1) is 0 Å².